The van der Waals surface area contributed by atoms with Crippen molar-refractivity contribution in [2.45, 2.75) is 19.4 Å². The summed E-state index contributed by atoms with van der Waals surface area (Å²) in [6, 6.07) is 2.23. The minimum Gasteiger partial charge on any atom is -0.354 e. The molecule has 2 unspecified atom stereocenters. The molecule has 1 aliphatic heterocycles. The van der Waals surface area contributed by atoms with Crippen LogP contribution in [0.3, 0.4) is 0 Å². The Morgan fingerprint density at radius 3 is 2.74 bits per heavy atom. The summed E-state index contributed by atoms with van der Waals surface area (Å²) in [5.41, 5.74) is 0. The van der Waals surface area contributed by atoms with Crippen molar-refractivity contribution in [3.05, 3.63) is 10.9 Å². The summed E-state index contributed by atoms with van der Waals surface area (Å²) in [4.78, 5) is 20.6. The topological polar surface area (TPSA) is 57.3 Å². The largest absolute Gasteiger partial charge is 0.354 e. The number of nitrogens with one attached hydrogen (secondary N) is 2. The van der Waals surface area contributed by atoms with Crippen LogP contribution < -0.4 is 15.5 Å². The van der Waals surface area contributed by atoms with Crippen molar-refractivity contribution in [2.24, 2.45) is 5.92 Å². The summed E-state index contributed by atoms with van der Waals surface area (Å²) < 4.78 is 1.09. The summed E-state index contributed by atoms with van der Waals surface area (Å²) in [7, 11) is 3.96. The average molecular weight is 397 g/mol. The number of piperidine rings is 1. The quantitative estimate of drug-likeness (QED) is 0.836. The van der Waals surface area contributed by atoms with Crippen molar-refractivity contribution in [2.75, 3.05) is 32.1 Å². The molecule has 1 amide bonds. The van der Waals surface area contributed by atoms with Gasteiger partial charge >= 0.3 is 0 Å². The van der Waals surface area contributed by atoms with Crippen LogP contribution in [-0.4, -0.2) is 44.1 Å². The van der Waals surface area contributed by atoms with Crippen molar-refractivity contribution in [3.63, 3.8) is 0 Å². The predicted octanol–water partition coefficient (Wildman–Crippen LogP) is 3.00. The lowest BCUT2D eigenvalue weighted by Gasteiger charge is -2.30. The fourth-order valence-electron chi connectivity index (χ4n) is 2.49. The lowest BCUT2D eigenvalue weighted by molar-refractivity contribution is 0.0918. The molecule has 130 valence electrons. The van der Waals surface area contributed by atoms with Crippen LogP contribution in [0.2, 0.25) is 0 Å². The zero-order chi connectivity index (χ0) is 15.0. The van der Waals surface area contributed by atoms with E-state index in [2.05, 4.69) is 22.5 Å². The molecular weight excluding hydrogens is 375 g/mol. The van der Waals surface area contributed by atoms with Crippen LogP contribution in [0.4, 0.5) is 5.13 Å². The molecule has 2 aromatic heterocycles. The molecule has 3 heterocycles. The molecule has 3 rings (SSSR count). The van der Waals surface area contributed by atoms with Gasteiger partial charge in [0, 0.05) is 20.1 Å². The van der Waals surface area contributed by atoms with Gasteiger partial charge in [0.1, 0.15) is 4.83 Å². The molecule has 5 nitrogen and oxygen atoms in total. The highest BCUT2D eigenvalue weighted by molar-refractivity contribution is 7.29. The lowest BCUT2D eigenvalue weighted by Crippen LogP contribution is -2.48. The van der Waals surface area contributed by atoms with E-state index in [9.17, 15) is 4.79 Å². The SMILES string of the molecule is CC1CNCCC1NC(=O)c1cc2sc(N(C)C)nc2s1.Cl.Cl. The van der Waals surface area contributed by atoms with Gasteiger partial charge in [0.05, 0.1) is 9.58 Å². The van der Waals surface area contributed by atoms with Crippen molar-refractivity contribution in [1.82, 2.24) is 15.6 Å². The van der Waals surface area contributed by atoms with Crippen LogP contribution in [0.25, 0.3) is 9.53 Å². The van der Waals surface area contributed by atoms with Gasteiger partial charge in [0.25, 0.3) is 5.91 Å². The first-order chi connectivity index (χ1) is 10.0. The number of thiophene rings is 1. The molecule has 0 aliphatic carbocycles. The third-order valence-corrected chi connectivity index (χ3v) is 6.11. The van der Waals surface area contributed by atoms with Gasteiger partial charge in [-0.2, -0.15) is 0 Å². The molecule has 2 aromatic rings. The van der Waals surface area contributed by atoms with Gasteiger partial charge in [0.2, 0.25) is 0 Å². The Bertz CT molecular complexity index is 627. The number of anilines is 1. The van der Waals surface area contributed by atoms with E-state index in [4.69, 9.17) is 0 Å². The lowest BCUT2D eigenvalue weighted by atomic mass is 9.95. The highest BCUT2D eigenvalue weighted by Gasteiger charge is 2.24. The van der Waals surface area contributed by atoms with Crippen LogP contribution in [-0.2, 0) is 0 Å². The second-order valence-corrected chi connectivity index (χ2v) is 7.76. The monoisotopic (exact) mass is 396 g/mol. The van der Waals surface area contributed by atoms with Gasteiger partial charge in [-0.1, -0.05) is 18.3 Å². The van der Waals surface area contributed by atoms with Crippen LogP contribution in [0.1, 0.15) is 23.0 Å². The highest BCUT2D eigenvalue weighted by Crippen LogP contribution is 2.33. The number of carbonyl (C=O) groups excluding carboxylic acids is 1. The molecule has 1 saturated heterocycles. The van der Waals surface area contributed by atoms with Crippen LogP contribution in [0.15, 0.2) is 6.07 Å². The van der Waals surface area contributed by atoms with E-state index in [-0.39, 0.29) is 36.8 Å². The van der Waals surface area contributed by atoms with Crippen molar-refractivity contribution >= 4 is 68.1 Å². The molecule has 0 spiro atoms. The molecule has 0 radical (unpaired) electrons. The zero-order valence-electron chi connectivity index (χ0n) is 13.3. The first-order valence-corrected chi connectivity index (χ1v) is 8.77. The summed E-state index contributed by atoms with van der Waals surface area (Å²) in [5, 5.41) is 7.50. The van der Waals surface area contributed by atoms with E-state index < -0.39 is 0 Å². The van der Waals surface area contributed by atoms with E-state index in [0.29, 0.717) is 5.92 Å². The summed E-state index contributed by atoms with van der Waals surface area (Å²) in [6.45, 7) is 4.12. The van der Waals surface area contributed by atoms with Gasteiger partial charge in [-0.05, 0) is 31.5 Å². The second kappa shape index (κ2) is 8.48. The minimum atomic E-state index is 0. The number of nitrogens with zero attached hydrogens (tertiary/aromatic N) is 2. The van der Waals surface area contributed by atoms with E-state index in [1.165, 1.54) is 11.3 Å². The first-order valence-electron chi connectivity index (χ1n) is 7.14. The first kappa shape index (κ1) is 20.4. The predicted molar refractivity (Wildman–Crippen MR) is 104 cm³/mol. The second-order valence-electron chi connectivity index (χ2n) is 5.72. The van der Waals surface area contributed by atoms with Crippen molar-refractivity contribution < 1.29 is 4.79 Å². The number of thiazole rings is 1. The number of fused-ring (bicyclic) bond motifs is 1. The molecule has 23 heavy (non-hydrogen) atoms. The molecule has 2 N–H and O–H groups in total. The van der Waals surface area contributed by atoms with E-state index >= 15 is 0 Å². The molecule has 9 heteroatoms. The minimum absolute atomic E-state index is 0. The fourth-order valence-corrected chi connectivity index (χ4v) is 4.53. The van der Waals surface area contributed by atoms with E-state index in [1.54, 1.807) is 11.3 Å². The van der Waals surface area contributed by atoms with Crippen molar-refractivity contribution in [1.29, 1.82) is 0 Å². The Kier molecular flexibility index (Phi) is 7.54. The number of aromatic nitrogens is 1. The highest BCUT2D eigenvalue weighted by atomic mass is 35.5. The summed E-state index contributed by atoms with van der Waals surface area (Å²) in [5.74, 6) is 0.512. The summed E-state index contributed by atoms with van der Waals surface area (Å²) >= 11 is 3.10. The maximum Gasteiger partial charge on any atom is 0.261 e. The fraction of sp³-hybridized carbons (Fsp3) is 0.571. The standard InChI is InChI=1S/C14H20N4OS2.2ClH/c1-8-7-15-5-4-9(8)16-12(19)10-6-11-13(20-10)17-14(21-11)18(2)3;;/h6,8-9,15H,4-5,7H2,1-3H3,(H,16,19);2*1H. The molecule has 1 aliphatic rings. The van der Waals surface area contributed by atoms with Crippen molar-refractivity contribution in [3.8, 4) is 0 Å². The number of halogens is 2. The van der Waals surface area contributed by atoms with E-state index in [1.807, 2.05) is 25.1 Å². The Labute approximate surface area is 156 Å². The smallest absolute Gasteiger partial charge is 0.261 e. The van der Waals surface area contributed by atoms with Gasteiger partial charge in [-0.25, -0.2) is 4.98 Å². The average Bonchev–Trinajstić information content (AvgIpc) is 2.99. The van der Waals surface area contributed by atoms with Gasteiger partial charge < -0.3 is 15.5 Å². The Balaban J connectivity index is 0.00000132. The normalized spacial score (nSPS) is 20.5. The Hall–Kier alpha value is -0.600. The number of carbonyl (C=O) groups is 1. The molecule has 0 saturated carbocycles. The molecule has 1 fully saturated rings. The van der Waals surface area contributed by atoms with Crippen LogP contribution >= 0.6 is 47.5 Å². The molecule has 0 aromatic carbocycles. The molecule has 2 atom stereocenters. The Morgan fingerprint density at radius 1 is 1.39 bits per heavy atom. The Morgan fingerprint density at radius 2 is 2.13 bits per heavy atom. The molecular formula is C14H22Cl2N4OS2. The molecule has 0 bridgehead atoms. The number of amides is 1. The third kappa shape index (κ3) is 4.48. The number of hydrogen-bond acceptors (Lipinski definition) is 6. The maximum atomic E-state index is 12.4. The van der Waals surface area contributed by atoms with Gasteiger partial charge in [0.15, 0.2) is 5.13 Å². The number of hydrogen-bond donors (Lipinski definition) is 2. The van der Waals surface area contributed by atoms with Crippen LogP contribution in [0, 0.1) is 5.92 Å². The summed E-state index contributed by atoms with van der Waals surface area (Å²) in [6.07, 6.45) is 0.996. The van der Waals surface area contributed by atoms with E-state index in [0.717, 1.165) is 39.0 Å². The zero-order valence-corrected chi connectivity index (χ0v) is 16.6. The van der Waals surface area contributed by atoms with Crippen LogP contribution in [0.5, 0.6) is 0 Å². The van der Waals surface area contributed by atoms with Gasteiger partial charge in [-0.3, -0.25) is 4.79 Å². The number of rotatable bonds is 3. The van der Waals surface area contributed by atoms with Gasteiger partial charge in [-0.15, -0.1) is 36.2 Å². The maximum absolute atomic E-state index is 12.4. The third-order valence-electron chi connectivity index (χ3n) is 3.79.